The second kappa shape index (κ2) is 9.17. The second-order valence-corrected chi connectivity index (χ2v) is 10.8. The molecule has 0 fully saturated rings. The van der Waals surface area contributed by atoms with Gasteiger partial charge in [-0.2, -0.15) is 0 Å². The predicted octanol–water partition coefficient (Wildman–Crippen LogP) is 4.53. The number of amides is 1. The van der Waals surface area contributed by atoms with Gasteiger partial charge in [-0.3, -0.25) is 4.79 Å². The Morgan fingerprint density at radius 2 is 2.00 bits per heavy atom. The fourth-order valence-electron chi connectivity index (χ4n) is 2.79. The summed E-state index contributed by atoms with van der Waals surface area (Å²) in [5.74, 6) is -0.172. The first kappa shape index (κ1) is 21.6. The molecule has 29 heavy (non-hydrogen) atoms. The van der Waals surface area contributed by atoms with Crippen LogP contribution in [0.4, 0.5) is 5.13 Å². The van der Waals surface area contributed by atoms with Crippen LogP contribution in [0.25, 0.3) is 11.3 Å². The Morgan fingerprint density at radius 1 is 1.21 bits per heavy atom. The van der Waals surface area contributed by atoms with Gasteiger partial charge < -0.3 is 5.32 Å². The van der Waals surface area contributed by atoms with Crippen LogP contribution in [-0.4, -0.2) is 37.2 Å². The first-order valence-electron chi connectivity index (χ1n) is 9.10. The molecule has 0 saturated carbocycles. The van der Waals surface area contributed by atoms with Gasteiger partial charge in [-0.25, -0.2) is 17.7 Å². The number of nitrogens with zero attached hydrogens (tertiary/aromatic N) is 2. The Morgan fingerprint density at radius 3 is 2.72 bits per heavy atom. The summed E-state index contributed by atoms with van der Waals surface area (Å²) in [4.78, 5) is 16.7. The number of hydrogen-bond donors (Lipinski definition) is 1. The molecule has 154 valence electrons. The third kappa shape index (κ3) is 5.30. The van der Waals surface area contributed by atoms with E-state index < -0.39 is 10.0 Å². The summed E-state index contributed by atoms with van der Waals surface area (Å²) in [6.45, 7) is 4.35. The van der Waals surface area contributed by atoms with Crippen molar-refractivity contribution >= 4 is 43.7 Å². The number of nitrogens with one attached hydrogen (secondary N) is 1. The van der Waals surface area contributed by atoms with Crippen LogP contribution in [0, 0.1) is 13.8 Å². The van der Waals surface area contributed by atoms with E-state index in [0.29, 0.717) is 15.8 Å². The topological polar surface area (TPSA) is 79.4 Å². The van der Waals surface area contributed by atoms with E-state index in [-0.39, 0.29) is 18.9 Å². The molecule has 0 radical (unpaired) electrons. The minimum absolute atomic E-state index is 0.172. The van der Waals surface area contributed by atoms with Gasteiger partial charge in [0.25, 0.3) is 10.0 Å². The molecule has 0 aliphatic heterocycles. The van der Waals surface area contributed by atoms with Crippen molar-refractivity contribution in [1.82, 2.24) is 9.29 Å². The van der Waals surface area contributed by atoms with Crippen LogP contribution in [0.2, 0.25) is 0 Å². The average Bonchev–Trinajstić information content (AvgIpc) is 3.36. The van der Waals surface area contributed by atoms with Gasteiger partial charge in [-0.05, 0) is 43.3 Å². The molecule has 0 saturated heterocycles. The van der Waals surface area contributed by atoms with Gasteiger partial charge in [-0.1, -0.05) is 23.8 Å². The third-order valence-electron chi connectivity index (χ3n) is 4.46. The summed E-state index contributed by atoms with van der Waals surface area (Å²) in [5, 5.41) is 7.02. The van der Waals surface area contributed by atoms with Gasteiger partial charge in [0.2, 0.25) is 5.91 Å². The summed E-state index contributed by atoms with van der Waals surface area (Å²) in [6, 6.07) is 9.49. The molecule has 0 unspecified atom stereocenters. The van der Waals surface area contributed by atoms with E-state index in [1.54, 1.807) is 17.5 Å². The zero-order chi connectivity index (χ0) is 21.0. The second-order valence-electron chi connectivity index (χ2n) is 6.77. The molecule has 2 heterocycles. The van der Waals surface area contributed by atoms with Crippen molar-refractivity contribution in [1.29, 1.82) is 0 Å². The van der Waals surface area contributed by atoms with Crippen molar-refractivity contribution in [2.24, 2.45) is 0 Å². The normalized spacial score (nSPS) is 11.7. The van der Waals surface area contributed by atoms with Crippen LogP contribution < -0.4 is 5.32 Å². The van der Waals surface area contributed by atoms with Crippen molar-refractivity contribution in [3.8, 4) is 11.3 Å². The molecule has 2 aromatic heterocycles. The van der Waals surface area contributed by atoms with Gasteiger partial charge in [0, 0.05) is 31.0 Å². The summed E-state index contributed by atoms with van der Waals surface area (Å²) < 4.78 is 26.3. The van der Waals surface area contributed by atoms with Crippen LogP contribution in [-0.2, 0) is 14.8 Å². The first-order chi connectivity index (χ1) is 13.8. The first-order valence-corrected chi connectivity index (χ1v) is 12.3. The van der Waals surface area contributed by atoms with Crippen molar-refractivity contribution in [3.05, 3.63) is 52.2 Å². The lowest BCUT2D eigenvalue weighted by atomic mass is 10.0. The number of aromatic nitrogens is 1. The lowest BCUT2D eigenvalue weighted by molar-refractivity contribution is -0.116. The van der Waals surface area contributed by atoms with Gasteiger partial charge in [0.1, 0.15) is 4.21 Å². The third-order valence-corrected chi connectivity index (χ3v) is 8.44. The molecule has 9 heteroatoms. The van der Waals surface area contributed by atoms with Crippen molar-refractivity contribution in [2.45, 2.75) is 30.9 Å². The molecule has 0 bridgehead atoms. The Labute approximate surface area is 179 Å². The van der Waals surface area contributed by atoms with Crippen molar-refractivity contribution in [2.75, 3.05) is 18.9 Å². The maximum absolute atomic E-state index is 12.4. The number of hydrogen-bond acceptors (Lipinski definition) is 6. The van der Waals surface area contributed by atoms with E-state index in [9.17, 15) is 13.2 Å². The van der Waals surface area contributed by atoms with Crippen molar-refractivity contribution in [3.63, 3.8) is 0 Å². The van der Waals surface area contributed by atoms with Gasteiger partial charge >= 0.3 is 0 Å². The summed E-state index contributed by atoms with van der Waals surface area (Å²) in [5.41, 5.74) is 4.19. The van der Waals surface area contributed by atoms with E-state index >= 15 is 0 Å². The van der Waals surface area contributed by atoms with Crippen LogP contribution in [0.1, 0.15) is 24.0 Å². The molecular weight excluding hydrogens is 426 g/mol. The SMILES string of the molecule is Cc1ccc(C)c(-c2csc(NC(=O)CCCN(C)S(=O)(=O)c3cccs3)n2)c1. The number of anilines is 1. The summed E-state index contributed by atoms with van der Waals surface area (Å²) >= 11 is 2.57. The summed E-state index contributed by atoms with van der Waals surface area (Å²) in [7, 11) is -1.95. The van der Waals surface area contributed by atoms with Crippen LogP contribution in [0.3, 0.4) is 0 Å². The van der Waals surface area contributed by atoms with Gasteiger partial charge in [0.15, 0.2) is 5.13 Å². The van der Waals surface area contributed by atoms with E-state index in [2.05, 4.69) is 28.5 Å². The fourth-order valence-corrected chi connectivity index (χ4v) is 5.93. The molecule has 0 aliphatic carbocycles. The molecule has 1 aromatic carbocycles. The lowest BCUT2D eigenvalue weighted by Gasteiger charge is -2.15. The molecule has 6 nitrogen and oxygen atoms in total. The van der Waals surface area contributed by atoms with E-state index in [1.807, 2.05) is 19.2 Å². The number of carbonyl (C=O) groups excluding carboxylic acids is 1. The number of thiazole rings is 1. The Balaban J connectivity index is 1.53. The molecule has 3 rings (SSSR count). The van der Waals surface area contributed by atoms with Gasteiger partial charge in [-0.15, -0.1) is 22.7 Å². The lowest BCUT2D eigenvalue weighted by Crippen LogP contribution is -2.28. The molecule has 0 aliphatic rings. The van der Waals surface area contributed by atoms with Crippen LogP contribution >= 0.6 is 22.7 Å². The van der Waals surface area contributed by atoms with Crippen LogP contribution in [0.5, 0.6) is 0 Å². The number of carbonyl (C=O) groups is 1. The number of benzene rings is 1. The monoisotopic (exact) mass is 449 g/mol. The Hall–Kier alpha value is -2.07. The number of sulfonamides is 1. The zero-order valence-corrected chi connectivity index (χ0v) is 19.0. The standard InChI is InChI=1S/C20H23N3O3S3/c1-14-8-9-15(2)16(12-14)17-13-28-20(21-17)22-18(24)6-4-10-23(3)29(25,26)19-7-5-11-27-19/h5,7-9,11-13H,4,6,10H2,1-3H3,(H,21,22,24). The maximum Gasteiger partial charge on any atom is 0.252 e. The highest BCUT2D eigenvalue weighted by Gasteiger charge is 2.21. The van der Waals surface area contributed by atoms with Crippen LogP contribution in [0.15, 0.2) is 45.3 Å². The zero-order valence-electron chi connectivity index (χ0n) is 16.5. The Kier molecular flexibility index (Phi) is 6.84. The highest BCUT2D eigenvalue weighted by atomic mass is 32.2. The smallest absolute Gasteiger partial charge is 0.252 e. The number of thiophene rings is 1. The van der Waals surface area contributed by atoms with Gasteiger partial charge in [0.05, 0.1) is 5.69 Å². The quantitative estimate of drug-likeness (QED) is 0.548. The largest absolute Gasteiger partial charge is 0.302 e. The number of rotatable bonds is 8. The van der Waals surface area contributed by atoms with E-state index in [1.165, 1.54) is 34.0 Å². The molecule has 1 N–H and O–H groups in total. The van der Waals surface area contributed by atoms with Crippen molar-refractivity contribution < 1.29 is 13.2 Å². The molecule has 3 aromatic rings. The highest BCUT2D eigenvalue weighted by Crippen LogP contribution is 2.28. The molecule has 1 amide bonds. The maximum atomic E-state index is 12.4. The summed E-state index contributed by atoms with van der Waals surface area (Å²) in [6.07, 6.45) is 0.658. The van der Waals surface area contributed by atoms with E-state index in [0.717, 1.165) is 22.4 Å². The predicted molar refractivity (Wildman–Crippen MR) is 119 cm³/mol. The minimum atomic E-state index is -3.48. The average molecular weight is 450 g/mol. The highest BCUT2D eigenvalue weighted by molar-refractivity contribution is 7.91. The Bertz CT molecular complexity index is 1090. The van der Waals surface area contributed by atoms with E-state index in [4.69, 9.17) is 0 Å². The molecule has 0 spiro atoms. The molecule has 0 atom stereocenters. The fraction of sp³-hybridized carbons (Fsp3) is 0.300. The number of aryl methyl sites for hydroxylation is 2. The minimum Gasteiger partial charge on any atom is -0.302 e. The molecular formula is C20H23N3O3S3.